The van der Waals surface area contributed by atoms with E-state index in [0.29, 0.717) is 19.0 Å². The summed E-state index contributed by atoms with van der Waals surface area (Å²) in [5.74, 6) is -1.18. The van der Waals surface area contributed by atoms with Crippen molar-refractivity contribution in [2.45, 2.75) is 4.90 Å². The van der Waals surface area contributed by atoms with Crippen LogP contribution in [0, 0.1) is 5.82 Å². The zero-order chi connectivity index (χ0) is 18.3. The second-order valence-corrected chi connectivity index (χ2v) is 6.53. The second-order valence-electron chi connectivity index (χ2n) is 4.85. The van der Waals surface area contributed by atoms with Crippen LogP contribution in [0.3, 0.4) is 0 Å². The quantitative estimate of drug-likeness (QED) is 0.544. The molecule has 0 aliphatic heterocycles. The minimum atomic E-state index is -4.00. The molecule has 0 aromatic heterocycles. The lowest BCUT2D eigenvalue weighted by Gasteiger charge is -2.10. The number of ether oxygens (including phenoxy) is 2. The molecule has 0 radical (unpaired) electrons. The van der Waals surface area contributed by atoms with Crippen LogP contribution in [0.1, 0.15) is 10.4 Å². The molecule has 0 unspecified atom stereocenters. The molecule has 0 fully saturated rings. The molecule has 9 heteroatoms. The first-order chi connectivity index (χ1) is 11.9. The Hall–Kier alpha value is -2.49. The molecule has 0 aliphatic rings. The van der Waals surface area contributed by atoms with Crippen molar-refractivity contribution in [3.05, 3.63) is 59.9 Å². The predicted molar refractivity (Wildman–Crippen MR) is 88.0 cm³/mol. The highest BCUT2D eigenvalue weighted by molar-refractivity contribution is 7.89. The van der Waals surface area contributed by atoms with Gasteiger partial charge in [-0.25, -0.2) is 12.8 Å². The molecule has 2 aromatic rings. The van der Waals surface area contributed by atoms with E-state index in [4.69, 9.17) is 9.47 Å². The standard InChI is InChI=1S/C16H17FN2O5S/c1-23-10-11-24-12-6-8-13(9-7-12)25(21,22)19-18-16(20)14-4-2-3-5-15(14)17/h2-9,19H,10-11H2,1H3,(H,18,20). The van der Waals surface area contributed by atoms with Gasteiger partial charge in [-0.2, -0.15) is 0 Å². The highest BCUT2D eigenvalue weighted by Gasteiger charge is 2.17. The fourth-order valence-electron chi connectivity index (χ4n) is 1.84. The van der Waals surface area contributed by atoms with E-state index in [-0.39, 0.29) is 10.5 Å². The third-order valence-corrected chi connectivity index (χ3v) is 4.37. The number of benzene rings is 2. The SMILES string of the molecule is COCCOc1ccc(S(=O)(=O)NNC(=O)c2ccccc2F)cc1. The first kappa shape index (κ1) is 18.8. The summed E-state index contributed by atoms with van der Waals surface area (Å²) in [5.41, 5.74) is 1.70. The van der Waals surface area contributed by atoms with Crippen LogP contribution in [0.25, 0.3) is 0 Å². The fraction of sp³-hybridized carbons (Fsp3) is 0.188. The topological polar surface area (TPSA) is 93.7 Å². The van der Waals surface area contributed by atoms with E-state index >= 15 is 0 Å². The molecule has 0 saturated carbocycles. The highest BCUT2D eigenvalue weighted by Crippen LogP contribution is 2.15. The van der Waals surface area contributed by atoms with Crippen molar-refractivity contribution < 1.29 is 27.1 Å². The number of sulfonamides is 1. The summed E-state index contributed by atoms with van der Waals surface area (Å²) in [6, 6.07) is 10.8. The van der Waals surface area contributed by atoms with Crippen LogP contribution >= 0.6 is 0 Å². The highest BCUT2D eigenvalue weighted by atomic mass is 32.2. The Kier molecular flexibility index (Phi) is 6.45. The molecule has 2 rings (SSSR count). The van der Waals surface area contributed by atoms with E-state index in [9.17, 15) is 17.6 Å². The fourth-order valence-corrected chi connectivity index (χ4v) is 2.68. The van der Waals surface area contributed by atoms with Gasteiger partial charge in [0.1, 0.15) is 18.2 Å². The van der Waals surface area contributed by atoms with Gasteiger partial charge in [-0.15, -0.1) is 4.83 Å². The maximum absolute atomic E-state index is 13.5. The Balaban J connectivity index is 1.99. The number of carbonyl (C=O) groups excluding carboxylic acids is 1. The van der Waals surface area contributed by atoms with E-state index in [2.05, 4.69) is 0 Å². The molecule has 134 valence electrons. The molecule has 0 saturated heterocycles. The van der Waals surface area contributed by atoms with Crippen molar-refractivity contribution in [1.29, 1.82) is 0 Å². The average Bonchev–Trinajstić information content (AvgIpc) is 2.61. The van der Waals surface area contributed by atoms with Crippen molar-refractivity contribution in [1.82, 2.24) is 10.3 Å². The van der Waals surface area contributed by atoms with Gasteiger partial charge in [0.25, 0.3) is 15.9 Å². The zero-order valence-electron chi connectivity index (χ0n) is 13.4. The summed E-state index contributed by atoms with van der Waals surface area (Å²) in [4.78, 5) is 13.7. The number of rotatable bonds is 8. The molecular formula is C16H17FN2O5S. The van der Waals surface area contributed by atoms with Gasteiger partial charge in [0.15, 0.2) is 0 Å². The van der Waals surface area contributed by atoms with Gasteiger partial charge in [0.2, 0.25) is 0 Å². The minimum absolute atomic E-state index is 0.0829. The van der Waals surface area contributed by atoms with Gasteiger partial charge in [-0.1, -0.05) is 12.1 Å². The lowest BCUT2D eigenvalue weighted by Crippen LogP contribution is -2.41. The van der Waals surface area contributed by atoms with Gasteiger partial charge in [0, 0.05) is 7.11 Å². The van der Waals surface area contributed by atoms with E-state index in [1.165, 1.54) is 42.5 Å². The van der Waals surface area contributed by atoms with Gasteiger partial charge >= 0.3 is 0 Å². The molecule has 0 heterocycles. The Bertz CT molecular complexity index is 825. The predicted octanol–water partition coefficient (Wildman–Crippen LogP) is 1.47. The Labute approximate surface area is 144 Å². The Morgan fingerprint density at radius 1 is 1.08 bits per heavy atom. The number of hydrogen-bond acceptors (Lipinski definition) is 5. The molecule has 0 spiro atoms. The number of hydrazine groups is 1. The normalized spacial score (nSPS) is 11.1. The first-order valence-electron chi connectivity index (χ1n) is 7.22. The van der Waals surface area contributed by atoms with Gasteiger partial charge in [0.05, 0.1) is 17.1 Å². The molecule has 1 amide bonds. The third kappa shape index (κ3) is 5.24. The van der Waals surface area contributed by atoms with Crippen molar-refractivity contribution in [3.8, 4) is 5.75 Å². The molecular weight excluding hydrogens is 351 g/mol. The van der Waals surface area contributed by atoms with Crippen LogP contribution in [0.4, 0.5) is 4.39 Å². The van der Waals surface area contributed by atoms with Crippen LogP contribution in [-0.4, -0.2) is 34.6 Å². The summed E-state index contributed by atoms with van der Waals surface area (Å²) in [5, 5.41) is 0. The number of methoxy groups -OCH3 is 1. The van der Waals surface area contributed by atoms with E-state index in [1.54, 1.807) is 7.11 Å². The number of hydrogen-bond donors (Lipinski definition) is 2. The van der Waals surface area contributed by atoms with Gasteiger partial charge < -0.3 is 9.47 Å². The van der Waals surface area contributed by atoms with Crippen LogP contribution in [-0.2, 0) is 14.8 Å². The summed E-state index contributed by atoms with van der Waals surface area (Å²) in [6.45, 7) is 0.739. The lowest BCUT2D eigenvalue weighted by atomic mass is 10.2. The Morgan fingerprint density at radius 3 is 2.40 bits per heavy atom. The van der Waals surface area contributed by atoms with Crippen LogP contribution in [0.15, 0.2) is 53.4 Å². The molecule has 2 aromatic carbocycles. The van der Waals surface area contributed by atoms with E-state index in [0.717, 1.165) is 6.07 Å². The van der Waals surface area contributed by atoms with Gasteiger partial charge in [-0.05, 0) is 36.4 Å². The molecule has 2 N–H and O–H groups in total. The molecule has 7 nitrogen and oxygen atoms in total. The van der Waals surface area contributed by atoms with Crippen molar-refractivity contribution in [3.63, 3.8) is 0 Å². The summed E-state index contributed by atoms with van der Waals surface area (Å²) in [6.07, 6.45) is 0. The van der Waals surface area contributed by atoms with E-state index < -0.39 is 21.7 Å². The number of carbonyl (C=O) groups is 1. The van der Waals surface area contributed by atoms with Crippen LogP contribution in [0.5, 0.6) is 5.75 Å². The monoisotopic (exact) mass is 368 g/mol. The average molecular weight is 368 g/mol. The molecule has 0 aliphatic carbocycles. The van der Waals surface area contributed by atoms with Crippen LogP contribution < -0.4 is 15.0 Å². The van der Waals surface area contributed by atoms with Gasteiger partial charge in [-0.3, -0.25) is 10.2 Å². The summed E-state index contributed by atoms with van der Waals surface area (Å²) in [7, 11) is -2.46. The largest absolute Gasteiger partial charge is 0.491 e. The summed E-state index contributed by atoms with van der Waals surface area (Å²) < 4.78 is 48.0. The molecule has 25 heavy (non-hydrogen) atoms. The second kappa shape index (κ2) is 8.56. The maximum atomic E-state index is 13.5. The van der Waals surface area contributed by atoms with Crippen molar-refractivity contribution in [2.75, 3.05) is 20.3 Å². The van der Waals surface area contributed by atoms with Crippen molar-refractivity contribution in [2.24, 2.45) is 0 Å². The minimum Gasteiger partial charge on any atom is -0.491 e. The van der Waals surface area contributed by atoms with E-state index in [1.807, 2.05) is 10.3 Å². The van der Waals surface area contributed by atoms with Crippen LogP contribution in [0.2, 0.25) is 0 Å². The smallest absolute Gasteiger partial charge is 0.269 e. The number of halogens is 1. The maximum Gasteiger partial charge on any atom is 0.269 e. The Morgan fingerprint density at radius 2 is 1.76 bits per heavy atom. The molecule has 0 atom stereocenters. The summed E-state index contributed by atoms with van der Waals surface area (Å²) >= 11 is 0. The zero-order valence-corrected chi connectivity index (χ0v) is 14.2. The first-order valence-corrected chi connectivity index (χ1v) is 8.71. The lowest BCUT2D eigenvalue weighted by molar-refractivity contribution is 0.0941. The third-order valence-electron chi connectivity index (χ3n) is 3.11. The number of nitrogens with one attached hydrogen (secondary N) is 2. The molecule has 0 bridgehead atoms. The van der Waals surface area contributed by atoms with Crippen molar-refractivity contribution >= 4 is 15.9 Å². The number of amides is 1.